The highest BCUT2D eigenvalue weighted by Gasteiger charge is 2.12. The topological polar surface area (TPSA) is 88.6 Å². The third kappa shape index (κ3) is 3.69. The van der Waals surface area contributed by atoms with Crippen LogP contribution >= 0.6 is 11.3 Å². The smallest absolute Gasteiger partial charge is 0.291 e. The number of hydrogen-bond acceptors (Lipinski definition) is 6. The summed E-state index contributed by atoms with van der Waals surface area (Å²) in [6.45, 7) is 0. The molecule has 8 heteroatoms. The fourth-order valence-corrected chi connectivity index (χ4v) is 2.92. The maximum Gasteiger partial charge on any atom is 0.291 e. The first kappa shape index (κ1) is 16.7. The zero-order valence-electron chi connectivity index (χ0n) is 13.6. The zero-order valence-corrected chi connectivity index (χ0v) is 14.5. The van der Waals surface area contributed by atoms with Crippen LogP contribution in [0.25, 0.3) is 10.6 Å². The van der Waals surface area contributed by atoms with Crippen molar-refractivity contribution in [1.82, 2.24) is 15.6 Å². The van der Waals surface area contributed by atoms with Gasteiger partial charge in [-0.2, -0.15) is 10.2 Å². The number of hydrazone groups is 1. The van der Waals surface area contributed by atoms with Crippen molar-refractivity contribution in [1.29, 1.82) is 0 Å². The van der Waals surface area contributed by atoms with Gasteiger partial charge < -0.3 is 9.47 Å². The number of rotatable bonds is 6. The SMILES string of the molecule is COc1cccc(C=NNC(=O)c2cc(-c3cccs3)[nH]n2)c1OC. The molecule has 2 N–H and O–H groups in total. The number of thiophene rings is 1. The molecule has 1 amide bonds. The van der Waals surface area contributed by atoms with Crippen LogP contribution in [-0.2, 0) is 0 Å². The lowest BCUT2D eigenvalue weighted by Crippen LogP contribution is -2.18. The molecule has 0 aliphatic rings. The first-order valence-corrected chi connectivity index (χ1v) is 8.24. The summed E-state index contributed by atoms with van der Waals surface area (Å²) in [5.41, 5.74) is 4.19. The molecule has 0 unspecified atom stereocenters. The Bertz CT molecular complexity index is 887. The first-order valence-electron chi connectivity index (χ1n) is 7.36. The molecule has 0 aliphatic carbocycles. The Kier molecular flexibility index (Phi) is 5.10. The maximum atomic E-state index is 12.1. The summed E-state index contributed by atoms with van der Waals surface area (Å²) in [4.78, 5) is 13.1. The van der Waals surface area contributed by atoms with Crippen molar-refractivity contribution in [3.8, 4) is 22.1 Å². The van der Waals surface area contributed by atoms with E-state index in [9.17, 15) is 4.79 Å². The lowest BCUT2D eigenvalue weighted by molar-refractivity contribution is 0.0950. The van der Waals surface area contributed by atoms with E-state index in [4.69, 9.17) is 9.47 Å². The van der Waals surface area contributed by atoms with Crippen LogP contribution in [0.1, 0.15) is 16.1 Å². The number of para-hydroxylation sites is 1. The maximum absolute atomic E-state index is 12.1. The predicted octanol–water partition coefficient (Wildman–Crippen LogP) is 2.92. The highest BCUT2D eigenvalue weighted by atomic mass is 32.1. The van der Waals surface area contributed by atoms with Gasteiger partial charge in [0.1, 0.15) is 0 Å². The summed E-state index contributed by atoms with van der Waals surface area (Å²) in [7, 11) is 3.10. The van der Waals surface area contributed by atoms with Crippen molar-refractivity contribution < 1.29 is 14.3 Å². The highest BCUT2D eigenvalue weighted by Crippen LogP contribution is 2.29. The summed E-state index contributed by atoms with van der Waals surface area (Å²) in [5, 5.41) is 12.8. The number of H-pyrrole nitrogens is 1. The summed E-state index contributed by atoms with van der Waals surface area (Å²) in [6, 6.07) is 11.0. The van der Waals surface area contributed by atoms with E-state index < -0.39 is 5.91 Å². The number of aromatic amines is 1. The van der Waals surface area contributed by atoms with Crippen LogP contribution in [0.5, 0.6) is 11.5 Å². The van der Waals surface area contributed by atoms with E-state index in [0.717, 1.165) is 10.6 Å². The van der Waals surface area contributed by atoms with Gasteiger partial charge in [0.2, 0.25) is 0 Å². The molecular formula is C17H16N4O3S. The quantitative estimate of drug-likeness (QED) is 0.525. The molecule has 0 atom stereocenters. The van der Waals surface area contributed by atoms with Crippen LogP contribution in [0.15, 0.2) is 46.9 Å². The minimum absolute atomic E-state index is 0.262. The van der Waals surface area contributed by atoms with Crippen LogP contribution in [0.2, 0.25) is 0 Å². The number of nitrogens with one attached hydrogen (secondary N) is 2. The Morgan fingerprint density at radius 1 is 1.28 bits per heavy atom. The molecule has 25 heavy (non-hydrogen) atoms. The largest absolute Gasteiger partial charge is 0.493 e. The van der Waals surface area contributed by atoms with Gasteiger partial charge >= 0.3 is 0 Å². The van der Waals surface area contributed by atoms with Crippen LogP contribution in [0, 0.1) is 0 Å². The second-order valence-electron chi connectivity index (χ2n) is 4.93. The van der Waals surface area contributed by atoms with Gasteiger partial charge in [-0.05, 0) is 29.6 Å². The molecule has 1 aromatic carbocycles. The van der Waals surface area contributed by atoms with Gasteiger partial charge in [-0.1, -0.05) is 12.1 Å². The zero-order chi connectivity index (χ0) is 17.6. The van der Waals surface area contributed by atoms with E-state index in [1.807, 2.05) is 23.6 Å². The van der Waals surface area contributed by atoms with E-state index in [1.54, 1.807) is 43.8 Å². The molecule has 128 valence electrons. The van der Waals surface area contributed by atoms with Gasteiger partial charge in [0.25, 0.3) is 5.91 Å². The summed E-state index contributed by atoms with van der Waals surface area (Å²) < 4.78 is 10.5. The van der Waals surface area contributed by atoms with E-state index >= 15 is 0 Å². The van der Waals surface area contributed by atoms with Gasteiger partial charge in [-0.15, -0.1) is 11.3 Å². The Morgan fingerprint density at radius 3 is 2.88 bits per heavy atom. The fourth-order valence-electron chi connectivity index (χ4n) is 2.23. The number of aromatic nitrogens is 2. The standard InChI is InChI=1S/C17H16N4O3S/c1-23-14-6-3-5-11(16(14)24-2)10-18-21-17(22)13-9-12(19-20-13)15-7-4-8-25-15/h3-10H,1-2H3,(H,19,20)(H,21,22). The van der Waals surface area contributed by atoms with Crippen molar-refractivity contribution in [2.24, 2.45) is 5.10 Å². The Morgan fingerprint density at radius 2 is 2.16 bits per heavy atom. The number of hydrogen-bond donors (Lipinski definition) is 2. The lowest BCUT2D eigenvalue weighted by Gasteiger charge is -2.09. The molecule has 0 aliphatic heterocycles. The third-order valence-electron chi connectivity index (χ3n) is 3.40. The van der Waals surface area contributed by atoms with Crippen LogP contribution in [0.4, 0.5) is 0 Å². The minimum atomic E-state index is -0.405. The molecule has 0 saturated carbocycles. The molecule has 2 heterocycles. The average molecular weight is 356 g/mol. The lowest BCUT2D eigenvalue weighted by atomic mass is 10.2. The molecule has 0 spiro atoms. The van der Waals surface area contributed by atoms with Gasteiger partial charge in [-0.3, -0.25) is 9.89 Å². The average Bonchev–Trinajstić information content (AvgIpc) is 3.32. The molecule has 0 fully saturated rings. The number of benzene rings is 1. The molecular weight excluding hydrogens is 340 g/mol. The van der Waals surface area contributed by atoms with E-state index in [1.165, 1.54) is 6.21 Å². The van der Waals surface area contributed by atoms with Crippen LogP contribution in [-0.4, -0.2) is 36.5 Å². The second kappa shape index (κ2) is 7.63. The van der Waals surface area contributed by atoms with Gasteiger partial charge in [-0.25, -0.2) is 5.43 Å². The van der Waals surface area contributed by atoms with Crippen LogP contribution in [0.3, 0.4) is 0 Å². The molecule has 7 nitrogen and oxygen atoms in total. The first-order chi connectivity index (χ1) is 12.2. The number of nitrogens with zero attached hydrogens (tertiary/aromatic N) is 2. The van der Waals surface area contributed by atoms with Crippen molar-refractivity contribution in [2.75, 3.05) is 14.2 Å². The number of carbonyl (C=O) groups excluding carboxylic acids is 1. The van der Waals surface area contributed by atoms with Crippen LogP contribution < -0.4 is 14.9 Å². The second-order valence-corrected chi connectivity index (χ2v) is 5.87. The van der Waals surface area contributed by atoms with Crippen molar-refractivity contribution in [3.05, 3.63) is 53.0 Å². The van der Waals surface area contributed by atoms with E-state index in [-0.39, 0.29) is 5.69 Å². The summed E-state index contributed by atoms with van der Waals surface area (Å²) in [6.07, 6.45) is 1.49. The van der Waals surface area contributed by atoms with E-state index in [0.29, 0.717) is 17.1 Å². The van der Waals surface area contributed by atoms with Gasteiger partial charge in [0.05, 0.1) is 31.0 Å². The highest BCUT2D eigenvalue weighted by molar-refractivity contribution is 7.13. The summed E-state index contributed by atoms with van der Waals surface area (Å²) >= 11 is 1.57. The Balaban J connectivity index is 1.69. The van der Waals surface area contributed by atoms with Gasteiger partial charge in [0.15, 0.2) is 17.2 Å². The monoisotopic (exact) mass is 356 g/mol. The van der Waals surface area contributed by atoms with Gasteiger partial charge in [0, 0.05) is 5.56 Å². The van der Waals surface area contributed by atoms with Crippen molar-refractivity contribution in [3.63, 3.8) is 0 Å². The Hall–Kier alpha value is -3.13. The number of ether oxygens (including phenoxy) is 2. The molecule has 3 rings (SSSR count). The Labute approximate surface area is 148 Å². The molecule has 0 bridgehead atoms. The summed E-state index contributed by atoms with van der Waals surface area (Å²) in [5.74, 6) is 0.727. The van der Waals surface area contributed by atoms with Crippen molar-refractivity contribution >= 4 is 23.5 Å². The number of amides is 1. The molecule has 0 saturated heterocycles. The number of carbonyl (C=O) groups is 1. The predicted molar refractivity (Wildman–Crippen MR) is 96.5 cm³/mol. The van der Waals surface area contributed by atoms with E-state index in [2.05, 4.69) is 20.7 Å². The normalized spacial score (nSPS) is 10.8. The van der Waals surface area contributed by atoms with Crippen molar-refractivity contribution in [2.45, 2.75) is 0 Å². The number of methoxy groups -OCH3 is 2. The molecule has 2 aromatic heterocycles. The third-order valence-corrected chi connectivity index (χ3v) is 4.30. The molecule has 3 aromatic rings. The minimum Gasteiger partial charge on any atom is -0.493 e. The fraction of sp³-hybridized carbons (Fsp3) is 0.118. The molecule has 0 radical (unpaired) electrons.